The Morgan fingerprint density at radius 3 is 2.60 bits per heavy atom. The van der Waals surface area contributed by atoms with E-state index in [1.807, 2.05) is 39.0 Å². The molecule has 0 aromatic heterocycles. The summed E-state index contributed by atoms with van der Waals surface area (Å²) in [6, 6.07) is 5.63. The molecule has 1 atom stereocenters. The van der Waals surface area contributed by atoms with E-state index < -0.39 is 11.8 Å². The van der Waals surface area contributed by atoms with Crippen molar-refractivity contribution in [2.45, 2.75) is 39.0 Å². The number of hydrogen-bond acceptors (Lipinski definition) is 0. The van der Waals surface area contributed by atoms with Gasteiger partial charge >= 0.3 is 0 Å². The number of benzene rings is 1. The molecule has 2 rings (SSSR count). The van der Waals surface area contributed by atoms with Gasteiger partial charge in [-0.2, -0.15) is 0 Å². The van der Waals surface area contributed by atoms with E-state index in [9.17, 15) is 8.78 Å². The first-order chi connectivity index (χ1) is 6.93. The summed E-state index contributed by atoms with van der Waals surface area (Å²) in [5.41, 5.74) is 2.72. The highest BCUT2D eigenvalue weighted by atomic mass is 19.3. The SMILES string of the molecule is Cc1cccc2c1C(C(C)C)C(F)(F)C2. The van der Waals surface area contributed by atoms with Gasteiger partial charge in [0.25, 0.3) is 5.92 Å². The Morgan fingerprint density at radius 1 is 1.33 bits per heavy atom. The number of hydrogen-bond donors (Lipinski definition) is 0. The molecule has 0 spiro atoms. The van der Waals surface area contributed by atoms with Gasteiger partial charge in [-0.05, 0) is 29.5 Å². The highest BCUT2D eigenvalue weighted by molar-refractivity contribution is 5.44. The summed E-state index contributed by atoms with van der Waals surface area (Å²) in [7, 11) is 0. The second-order valence-corrected chi connectivity index (χ2v) is 4.81. The van der Waals surface area contributed by atoms with E-state index in [0.29, 0.717) is 0 Å². The van der Waals surface area contributed by atoms with Gasteiger partial charge < -0.3 is 0 Å². The van der Waals surface area contributed by atoms with Gasteiger partial charge in [0.05, 0.1) is 5.92 Å². The molecule has 0 bridgehead atoms. The summed E-state index contributed by atoms with van der Waals surface area (Å²) >= 11 is 0. The normalized spacial score (nSPS) is 23.2. The molecule has 1 aliphatic rings. The largest absolute Gasteiger partial charge is 0.259 e. The third-order valence-electron chi connectivity index (χ3n) is 3.27. The van der Waals surface area contributed by atoms with Crippen LogP contribution in [-0.4, -0.2) is 5.92 Å². The highest BCUT2D eigenvalue weighted by Gasteiger charge is 2.49. The Hall–Kier alpha value is -0.920. The molecular weight excluding hydrogens is 194 g/mol. The van der Waals surface area contributed by atoms with Crippen molar-refractivity contribution in [1.29, 1.82) is 0 Å². The highest BCUT2D eigenvalue weighted by Crippen LogP contribution is 2.49. The Kier molecular flexibility index (Phi) is 2.32. The summed E-state index contributed by atoms with van der Waals surface area (Å²) in [4.78, 5) is 0. The first-order valence-electron chi connectivity index (χ1n) is 5.39. The van der Waals surface area contributed by atoms with Gasteiger partial charge in [0.15, 0.2) is 0 Å². The van der Waals surface area contributed by atoms with Gasteiger partial charge in [-0.1, -0.05) is 32.0 Å². The van der Waals surface area contributed by atoms with Crippen LogP contribution in [0.5, 0.6) is 0 Å². The predicted molar refractivity (Wildman–Crippen MR) is 57.4 cm³/mol. The minimum Gasteiger partial charge on any atom is -0.206 e. The summed E-state index contributed by atoms with van der Waals surface area (Å²) < 4.78 is 27.7. The van der Waals surface area contributed by atoms with Crippen LogP contribution >= 0.6 is 0 Å². The average Bonchev–Trinajstić information content (AvgIpc) is 2.36. The number of halogens is 2. The van der Waals surface area contributed by atoms with Gasteiger partial charge in [-0.15, -0.1) is 0 Å². The Morgan fingerprint density at radius 2 is 2.00 bits per heavy atom. The standard InChI is InChI=1S/C13H16F2/c1-8(2)12-11-9(3)5-4-6-10(11)7-13(12,14)15/h4-6,8,12H,7H2,1-3H3. The lowest BCUT2D eigenvalue weighted by Crippen LogP contribution is -2.26. The molecule has 0 radical (unpaired) electrons. The van der Waals surface area contributed by atoms with Crippen molar-refractivity contribution in [2.24, 2.45) is 5.92 Å². The second kappa shape index (κ2) is 3.29. The smallest absolute Gasteiger partial charge is 0.206 e. The Balaban J connectivity index is 2.56. The van der Waals surface area contributed by atoms with E-state index in [1.54, 1.807) is 0 Å². The zero-order valence-corrected chi connectivity index (χ0v) is 9.35. The van der Waals surface area contributed by atoms with Gasteiger partial charge in [0.2, 0.25) is 0 Å². The van der Waals surface area contributed by atoms with Crippen LogP contribution < -0.4 is 0 Å². The predicted octanol–water partition coefficient (Wildman–Crippen LogP) is 3.93. The number of fused-ring (bicyclic) bond motifs is 1. The summed E-state index contributed by atoms with van der Waals surface area (Å²) in [5, 5.41) is 0. The van der Waals surface area contributed by atoms with Crippen molar-refractivity contribution in [3.8, 4) is 0 Å². The number of aryl methyl sites for hydroxylation is 1. The summed E-state index contributed by atoms with van der Waals surface area (Å²) in [5.74, 6) is -3.18. The summed E-state index contributed by atoms with van der Waals surface area (Å²) in [6.07, 6.45) is -0.0904. The zero-order chi connectivity index (χ0) is 11.2. The second-order valence-electron chi connectivity index (χ2n) is 4.81. The summed E-state index contributed by atoms with van der Waals surface area (Å²) in [6.45, 7) is 5.68. The molecule has 1 aliphatic carbocycles. The molecular formula is C13H16F2. The fourth-order valence-corrected chi connectivity index (χ4v) is 2.74. The number of rotatable bonds is 1. The minimum absolute atomic E-state index is 0.0117. The Bertz CT molecular complexity index is 380. The molecule has 1 aromatic carbocycles. The van der Waals surface area contributed by atoms with Crippen molar-refractivity contribution in [1.82, 2.24) is 0 Å². The first kappa shape index (κ1) is 10.6. The Labute approximate surface area is 89.3 Å². The lowest BCUT2D eigenvalue weighted by molar-refractivity contribution is -0.0288. The van der Waals surface area contributed by atoms with Gasteiger partial charge in [-0.25, -0.2) is 8.78 Å². The van der Waals surface area contributed by atoms with Crippen molar-refractivity contribution < 1.29 is 8.78 Å². The van der Waals surface area contributed by atoms with Gasteiger partial charge in [-0.3, -0.25) is 0 Å². The molecule has 1 unspecified atom stereocenters. The topological polar surface area (TPSA) is 0 Å². The van der Waals surface area contributed by atoms with Crippen LogP contribution in [0.4, 0.5) is 8.78 Å². The third-order valence-corrected chi connectivity index (χ3v) is 3.27. The molecule has 0 N–H and O–H groups in total. The van der Waals surface area contributed by atoms with Crippen LogP contribution in [0.25, 0.3) is 0 Å². The average molecular weight is 210 g/mol. The first-order valence-corrected chi connectivity index (χ1v) is 5.39. The van der Waals surface area contributed by atoms with Crippen molar-refractivity contribution in [2.75, 3.05) is 0 Å². The van der Waals surface area contributed by atoms with Crippen LogP contribution in [0, 0.1) is 12.8 Å². The van der Waals surface area contributed by atoms with Gasteiger partial charge in [0.1, 0.15) is 0 Å². The molecule has 0 nitrogen and oxygen atoms in total. The molecule has 1 aromatic rings. The van der Waals surface area contributed by atoms with E-state index in [1.165, 1.54) is 0 Å². The fraction of sp³-hybridized carbons (Fsp3) is 0.538. The number of alkyl halides is 2. The molecule has 82 valence electrons. The van der Waals surface area contributed by atoms with Crippen LogP contribution in [0.2, 0.25) is 0 Å². The van der Waals surface area contributed by atoms with E-state index in [4.69, 9.17) is 0 Å². The lowest BCUT2D eigenvalue weighted by Gasteiger charge is -2.24. The van der Waals surface area contributed by atoms with E-state index in [0.717, 1.165) is 16.7 Å². The van der Waals surface area contributed by atoms with E-state index in [-0.39, 0.29) is 12.3 Å². The molecule has 0 amide bonds. The van der Waals surface area contributed by atoms with E-state index >= 15 is 0 Å². The van der Waals surface area contributed by atoms with Crippen LogP contribution in [0.3, 0.4) is 0 Å². The van der Waals surface area contributed by atoms with Crippen molar-refractivity contribution in [3.63, 3.8) is 0 Å². The molecule has 0 saturated carbocycles. The van der Waals surface area contributed by atoms with Crippen LogP contribution in [0.1, 0.15) is 36.5 Å². The van der Waals surface area contributed by atoms with E-state index in [2.05, 4.69) is 0 Å². The van der Waals surface area contributed by atoms with Gasteiger partial charge in [0, 0.05) is 6.42 Å². The zero-order valence-electron chi connectivity index (χ0n) is 9.35. The van der Waals surface area contributed by atoms with Crippen molar-refractivity contribution in [3.05, 3.63) is 34.9 Å². The molecule has 0 heterocycles. The maximum Gasteiger partial charge on any atom is 0.259 e. The molecule has 0 saturated heterocycles. The molecule has 2 heteroatoms. The fourth-order valence-electron chi connectivity index (χ4n) is 2.74. The molecule has 0 aliphatic heterocycles. The minimum atomic E-state index is -2.57. The lowest BCUT2D eigenvalue weighted by atomic mass is 9.86. The maximum atomic E-state index is 13.8. The molecule has 0 fully saturated rings. The van der Waals surface area contributed by atoms with Crippen LogP contribution in [0.15, 0.2) is 18.2 Å². The van der Waals surface area contributed by atoms with Crippen LogP contribution in [-0.2, 0) is 6.42 Å². The quantitative estimate of drug-likeness (QED) is 0.659. The molecule has 15 heavy (non-hydrogen) atoms. The maximum absolute atomic E-state index is 13.8. The monoisotopic (exact) mass is 210 g/mol. The van der Waals surface area contributed by atoms with Crippen molar-refractivity contribution >= 4 is 0 Å². The third kappa shape index (κ3) is 1.56.